The second-order valence-electron chi connectivity index (χ2n) is 2.60. The van der Waals surface area contributed by atoms with E-state index >= 15 is 0 Å². The minimum atomic E-state index is -1.21. The van der Waals surface area contributed by atoms with Crippen LogP contribution in [0.4, 0.5) is 17.1 Å². The van der Waals surface area contributed by atoms with Crippen molar-refractivity contribution in [3.8, 4) is 5.75 Å². The zero-order valence-electron chi connectivity index (χ0n) is 7.69. The molecule has 1 N–H and O–H groups in total. The summed E-state index contributed by atoms with van der Waals surface area (Å²) in [6.07, 6.45) is 0. The first kappa shape index (κ1) is 15.0. The Morgan fingerprint density at radius 2 is 1.24 bits per heavy atom. The molecule has 0 saturated heterocycles. The predicted octanol–water partition coefficient (Wildman–Crippen LogP) is 1.11. The number of non-ortho nitro benzene ring substituents is 1. The van der Waals surface area contributed by atoms with Crippen LogP contribution < -0.4 is 0 Å². The van der Waals surface area contributed by atoms with Crippen LogP contribution in [0.25, 0.3) is 0 Å². The number of phenolic OH excluding ortho intramolecular Hbond substituents is 1. The third-order valence-electron chi connectivity index (χ3n) is 1.66. The van der Waals surface area contributed by atoms with Crippen LogP contribution in [0.5, 0.6) is 5.75 Å². The molecular formula is C6H3AgN3O7. The molecular weight excluding hydrogens is 334 g/mol. The third kappa shape index (κ3) is 2.96. The summed E-state index contributed by atoms with van der Waals surface area (Å²) in [6, 6.07) is 0.894. The minimum absolute atomic E-state index is 0. The molecule has 1 rings (SSSR count). The Kier molecular flexibility index (Phi) is 4.70. The van der Waals surface area contributed by atoms with Gasteiger partial charge in [-0.25, -0.2) is 0 Å². The Morgan fingerprint density at radius 3 is 1.47 bits per heavy atom. The number of nitro groups is 3. The topological polar surface area (TPSA) is 150 Å². The van der Waals surface area contributed by atoms with Crippen molar-refractivity contribution in [3.05, 3.63) is 42.5 Å². The standard InChI is InChI=1S/C6H3N3O7.Ag/c10-6-4(8(13)14)1-3(7(11)12)2-5(6)9(15)16;/h1-2,10H;. The summed E-state index contributed by atoms with van der Waals surface area (Å²) in [5, 5.41) is 40.2. The molecule has 11 heteroatoms. The van der Waals surface area contributed by atoms with Gasteiger partial charge in [-0.15, -0.1) is 0 Å². The van der Waals surface area contributed by atoms with Gasteiger partial charge in [0.25, 0.3) is 11.4 Å². The second-order valence-corrected chi connectivity index (χ2v) is 2.60. The number of benzene rings is 1. The van der Waals surface area contributed by atoms with Crippen molar-refractivity contribution in [1.29, 1.82) is 0 Å². The largest absolute Gasteiger partial charge is 0.497 e. The fourth-order valence-electron chi connectivity index (χ4n) is 0.974. The first-order valence-corrected chi connectivity index (χ1v) is 3.64. The molecule has 0 spiro atoms. The molecule has 0 aromatic heterocycles. The minimum Gasteiger partial charge on any atom is -0.497 e. The Balaban J connectivity index is 0.00000256. The Labute approximate surface area is 108 Å². The molecule has 0 amide bonds. The fourth-order valence-corrected chi connectivity index (χ4v) is 0.974. The van der Waals surface area contributed by atoms with Gasteiger partial charge in [0.2, 0.25) is 0 Å². The summed E-state index contributed by atoms with van der Waals surface area (Å²) in [5.41, 5.74) is -3.00. The van der Waals surface area contributed by atoms with Crippen molar-refractivity contribution in [2.24, 2.45) is 0 Å². The van der Waals surface area contributed by atoms with Gasteiger partial charge in [0.1, 0.15) is 0 Å². The van der Waals surface area contributed by atoms with Gasteiger partial charge in [-0.05, 0) is 0 Å². The summed E-state index contributed by atoms with van der Waals surface area (Å²) in [5.74, 6) is -1.21. The average molecular weight is 337 g/mol. The van der Waals surface area contributed by atoms with Gasteiger partial charge in [-0.2, -0.15) is 0 Å². The molecule has 10 nitrogen and oxygen atoms in total. The molecule has 0 heterocycles. The van der Waals surface area contributed by atoms with Gasteiger partial charge in [0.15, 0.2) is 0 Å². The first-order valence-electron chi connectivity index (χ1n) is 3.64. The molecule has 95 valence electrons. The van der Waals surface area contributed by atoms with Crippen LogP contribution in [-0.2, 0) is 22.4 Å². The van der Waals surface area contributed by atoms with E-state index < -0.39 is 37.6 Å². The zero-order valence-corrected chi connectivity index (χ0v) is 9.18. The van der Waals surface area contributed by atoms with Gasteiger partial charge in [0, 0.05) is 22.4 Å². The predicted molar refractivity (Wildman–Crippen MR) is 48.1 cm³/mol. The van der Waals surface area contributed by atoms with Crippen molar-refractivity contribution in [2.45, 2.75) is 0 Å². The number of nitrogens with zero attached hydrogens (tertiary/aromatic N) is 3. The van der Waals surface area contributed by atoms with E-state index in [2.05, 4.69) is 0 Å². The van der Waals surface area contributed by atoms with Crippen molar-refractivity contribution < 1.29 is 42.3 Å². The summed E-state index contributed by atoms with van der Waals surface area (Å²) < 4.78 is 0. The Bertz CT molecular complexity index is 467. The van der Waals surface area contributed by atoms with Crippen molar-refractivity contribution in [3.63, 3.8) is 0 Å². The molecule has 0 fully saturated rings. The average Bonchev–Trinajstić information content (AvgIpc) is 2.16. The van der Waals surface area contributed by atoms with Crippen molar-refractivity contribution in [2.75, 3.05) is 0 Å². The molecule has 1 aromatic rings. The van der Waals surface area contributed by atoms with Crippen LogP contribution in [0.3, 0.4) is 0 Å². The van der Waals surface area contributed by atoms with E-state index in [1.54, 1.807) is 0 Å². The SMILES string of the molecule is O=[N+]([O-])c1cc([N+](=O)[O-])c(O)c([N+](=O)[O-])c1.[Ag]. The molecule has 1 radical (unpaired) electrons. The molecule has 0 saturated carbocycles. The quantitative estimate of drug-likeness (QED) is 0.493. The van der Waals surface area contributed by atoms with Crippen molar-refractivity contribution >= 4 is 17.1 Å². The molecule has 0 bridgehead atoms. The van der Waals surface area contributed by atoms with Gasteiger partial charge >= 0.3 is 11.4 Å². The molecule has 0 aliphatic heterocycles. The van der Waals surface area contributed by atoms with E-state index in [9.17, 15) is 30.3 Å². The number of hydrogen-bond donors (Lipinski definition) is 1. The molecule has 1 aromatic carbocycles. The van der Waals surface area contributed by atoms with Crippen LogP contribution in [0.15, 0.2) is 12.1 Å². The summed E-state index contributed by atoms with van der Waals surface area (Å²) in [6.45, 7) is 0. The van der Waals surface area contributed by atoms with Crippen LogP contribution in [0.1, 0.15) is 0 Å². The first-order chi connectivity index (χ1) is 7.34. The van der Waals surface area contributed by atoms with Crippen molar-refractivity contribution in [1.82, 2.24) is 0 Å². The molecule has 0 aliphatic carbocycles. The normalized spacial score (nSPS) is 9.18. The van der Waals surface area contributed by atoms with E-state index in [1.807, 2.05) is 0 Å². The fraction of sp³-hybridized carbons (Fsp3) is 0. The number of aromatic hydroxyl groups is 1. The number of hydrogen-bond acceptors (Lipinski definition) is 7. The van der Waals surface area contributed by atoms with Crippen LogP contribution >= 0.6 is 0 Å². The van der Waals surface area contributed by atoms with Gasteiger partial charge in [-0.3, -0.25) is 30.3 Å². The van der Waals surface area contributed by atoms with E-state index in [0.717, 1.165) is 0 Å². The van der Waals surface area contributed by atoms with E-state index in [4.69, 9.17) is 5.11 Å². The van der Waals surface area contributed by atoms with Crippen LogP contribution in [0.2, 0.25) is 0 Å². The maximum absolute atomic E-state index is 10.4. The van der Waals surface area contributed by atoms with E-state index in [1.165, 1.54) is 0 Å². The van der Waals surface area contributed by atoms with Crippen LogP contribution in [0, 0.1) is 30.3 Å². The number of phenols is 1. The molecule has 0 atom stereocenters. The van der Waals surface area contributed by atoms with Gasteiger partial charge in [-0.1, -0.05) is 0 Å². The Morgan fingerprint density at radius 1 is 0.882 bits per heavy atom. The molecule has 17 heavy (non-hydrogen) atoms. The number of nitro benzene ring substituents is 3. The van der Waals surface area contributed by atoms with Gasteiger partial charge in [0.05, 0.1) is 26.9 Å². The number of rotatable bonds is 3. The monoisotopic (exact) mass is 336 g/mol. The molecule has 0 unspecified atom stereocenters. The summed E-state index contributed by atoms with van der Waals surface area (Å²) >= 11 is 0. The second kappa shape index (κ2) is 5.34. The maximum Gasteiger partial charge on any atom is 0.324 e. The Hall–Kier alpha value is -2.04. The zero-order chi connectivity index (χ0) is 12.5. The van der Waals surface area contributed by atoms with E-state index in [0.29, 0.717) is 12.1 Å². The smallest absolute Gasteiger partial charge is 0.324 e. The summed E-state index contributed by atoms with van der Waals surface area (Å²) in [7, 11) is 0. The maximum atomic E-state index is 10.4. The van der Waals surface area contributed by atoms with Gasteiger partial charge < -0.3 is 5.11 Å². The third-order valence-corrected chi connectivity index (χ3v) is 1.66. The molecule has 0 aliphatic rings. The van der Waals surface area contributed by atoms with Crippen LogP contribution in [-0.4, -0.2) is 19.9 Å². The van der Waals surface area contributed by atoms with E-state index in [-0.39, 0.29) is 22.4 Å². The summed E-state index contributed by atoms with van der Waals surface area (Å²) in [4.78, 5) is 27.8.